The van der Waals surface area contributed by atoms with Crippen LogP contribution >= 0.6 is 11.6 Å². The Balaban J connectivity index is 2.12. The van der Waals surface area contributed by atoms with E-state index in [0.29, 0.717) is 17.0 Å². The minimum Gasteiger partial charge on any atom is -0.491 e. The number of hydrogen-bond acceptors (Lipinski definition) is 2. The summed E-state index contributed by atoms with van der Waals surface area (Å²) in [4.78, 5) is 12.2. The van der Waals surface area contributed by atoms with Gasteiger partial charge in [0.05, 0.1) is 11.1 Å². The summed E-state index contributed by atoms with van der Waals surface area (Å²) in [7, 11) is 0. The number of carbonyl (C=O) groups is 1. The van der Waals surface area contributed by atoms with Crippen LogP contribution in [0.4, 0.5) is 10.1 Å². The van der Waals surface area contributed by atoms with Crippen LogP contribution in [-0.4, -0.2) is 12.0 Å². The van der Waals surface area contributed by atoms with Crippen molar-refractivity contribution in [3.05, 3.63) is 58.9 Å². The van der Waals surface area contributed by atoms with E-state index in [2.05, 4.69) is 5.32 Å². The highest BCUT2D eigenvalue weighted by molar-refractivity contribution is 6.31. The first-order valence-electron chi connectivity index (χ1n) is 7.02. The monoisotopic (exact) mass is 321 g/mol. The molecule has 1 atom stereocenters. The summed E-state index contributed by atoms with van der Waals surface area (Å²) < 4.78 is 18.8. The number of halogens is 2. The lowest BCUT2D eigenvalue weighted by Crippen LogP contribution is -2.13. The Kier molecular flexibility index (Phi) is 5.39. The van der Waals surface area contributed by atoms with E-state index < -0.39 is 5.82 Å². The van der Waals surface area contributed by atoms with E-state index in [4.69, 9.17) is 16.3 Å². The minimum absolute atomic E-state index is 0.0355. The van der Waals surface area contributed by atoms with Crippen molar-refractivity contribution in [2.45, 2.75) is 26.4 Å². The summed E-state index contributed by atoms with van der Waals surface area (Å²) in [6, 6.07) is 11.0. The van der Waals surface area contributed by atoms with Crippen molar-refractivity contribution in [2.24, 2.45) is 0 Å². The van der Waals surface area contributed by atoms with Gasteiger partial charge in [-0.25, -0.2) is 4.39 Å². The molecule has 3 nitrogen and oxygen atoms in total. The first-order valence-corrected chi connectivity index (χ1v) is 7.40. The number of carbonyl (C=O) groups excluding carboxylic acids is 1. The van der Waals surface area contributed by atoms with E-state index >= 15 is 0 Å². The van der Waals surface area contributed by atoms with E-state index in [-0.39, 0.29) is 17.0 Å². The summed E-state index contributed by atoms with van der Waals surface area (Å²) in [5.74, 6) is -0.194. The second-order valence-corrected chi connectivity index (χ2v) is 5.35. The van der Waals surface area contributed by atoms with E-state index in [1.807, 2.05) is 13.8 Å². The van der Waals surface area contributed by atoms with Gasteiger partial charge in [-0.1, -0.05) is 24.6 Å². The molecule has 0 radical (unpaired) electrons. The maximum absolute atomic E-state index is 13.1. The number of ether oxygens (including phenoxy) is 1. The summed E-state index contributed by atoms with van der Waals surface area (Å²) in [5.41, 5.74) is 0.894. The van der Waals surface area contributed by atoms with Gasteiger partial charge in [-0.05, 0) is 49.7 Å². The van der Waals surface area contributed by atoms with Crippen molar-refractivity contribution in [2.75, 3.05) is 5.32 Å². The third-order valence-corrected chi connectivity index (χ3v) is 3.48. The number of benzene rings is 2. The summed E-state index contributed by atoms with van der Waals surface area (Å²) >= 11 is 5.70. The number of rotatable bonds is 5. The minimum atomic E-state index is -0.524. The smallest absolute Gasteiger partial charge is 0.255 e. The zero-order valence-corrected chi connectivity index (χ0v) is 13.2. The van der Waals surface area contributed by atoms with Gasteiger partial charge < -0.3 is 10.1 Å². The lowest BCUT2D eigenvalue weighted by molar-refractivity contribution is 0.102. The Labute approximate surface area is 134 Å². The van der Waals surface area contributed by atoms with Crippen molar-refractivity contribution in [3.8, 4) is 5.75 Å². The maximum atomic E-state index is 13.1. The van der Waals surface area contributed by atoms with Crippen LogP contribution in [0.5, 0.6) is 5.75 Å². The molecule has 0 fully saturated rings. The summed E-state index contributed by atoms with van der Waals surface area (Å²) in [5, 5.41) is 2.64. The lowest BCUT2D eigenvalue weighted by atomic mass is 10.2. The fourth-order valence-corrected chi connectivity index (χ4v) is 1.98. The highest BCUT2D eigenvalue weighted by Crippen LogP contribution is 2.21. The van der Waals surface area contributed by atoms with Crippen molar-refractivity contribution < 1.29 is 13.9 Å². The molecule has 0 aliphatic heterocycles. The van der Waals surface area contributed by atoms with Gasteiger partial charge in [0.1, 0.15) is 11.6 Å². The van der Waals surface area contributed by atoms with Crippen LogP contribution in [0.1, 0.15) is 30.6 Å². The summed E-state index contributed by atoms with van der Waals surface area (Å²) in [6.45, 7) is 3.99. The van der Waals surface area contributed by atoms with Crippen LogP contribution in [0.2, 0.25) is 5.02 Å². The van der Waals surface area contributed by atoms with E-state index in [1.165, 1.54) is 18.2 Å². The number of anilines is 1. The Morgan fingerprint density at radius 2 is 2.09 bits per heavy atom. The predicted molar refractivity (Wildman–Crippen MR) is 86.2 cm³/mol. The standard InChI is InChI=1S/C17H17ClFNO2/c1-3-11(2)22-14-6-4-5-12(9-14)17(21)20-13-7-8-16(19)15(18)10-13/h4-11H,3H2,1-2H3,(H,20,21). The molecule has 2 rings (SSSR count). The van der Waals surface area contributed by atoms with Gasteiger partial charge in [0, 0.05) is 11.3 Å². The second-order valence-electron chi connectivity index (χ2n) is 4.95. The Morgan fingerprint density at radius 3 is 2.77 bits per heavy atom. The van der Waals surface area contributed by atoms with Crippen LogP contribution in [0.3, 0.4) is 0 Å². The van der Waals surface area contributed by atoms with Gasteiger partial charge in [-0.15, -0.1) is 0 Å². The molecule has 0 heterocycles. The van der Waals surface area contributed by atoms with E-state index in [0.717, 1.165) is 6.42 Å². The third-order valence-electron chi connectivity index (χ3n) is 3.19. The zero-order valence-electron chi connectivity index (χ0n) is 12.4. The second kappa shape index (κ2) is 7.27. The molecule has 1 amide bonds. The number of hydrogen-bond donors (Lipinski definition) is 1. The topological polar surface area (TPSA) is 38.3 Å². The molecule has 0 saturated heterocycles. The maximum Gasteiger partial charge on any atom is 0.255 e. The zero-order chi connectivity index (χ0) is 16.1. The van der Waals surface area contributed by atoms with Crippen LogP contribution in [0, 0.1) is 5.82 Å². The Bertz CT molecular complexity index is 675. The molecule has 2 aromatic carbocycles. The van der Waals surface area contributed by atoms with E-state index in [1.54, 1.807) is 24.3 Å². The fourth-order valence-electron chi connectivity index (χ4n) is 1.80. The molecule has 0 aliphatic rings. The fraction of sp³-hybridized carbons (Fsp3) is 0.235. The molecule has 2 aromatic rings. The van der Waals surface area contributed by atoms with Gasteiger partial charge in [0.2, 0.25) is 0 Å². The largest absolute Gasteiger partial charge is 0.491 e. The van der Waals surface area contributed by atoms with Crippen LogP contribution in [-0.2, 0) is 0 Å². The SMILES string of the molecule is CCC(C)Oc1cccc(C(=O)Nc2ccc(F)c(Cl)c2)c1. The normalized spacial score (nSPS) is 11.8. The molecule has 0 spiro atoms. The van der Waals surface area contributed by atoms with Crippen molar-refractivity contribution >= 4 is 23.2 Å². The number of nitrogens with one attached hydrogen (secondary N) is 1. The quantitative estimate of drug-likeness (QED) is 0.849. The predicted octanol–water partition coefficient (Wildman–Crippen LogP) is 4.91. The highest BCUT2D eigenvalue weighted by Gasteiger charge is 2.10. The Morgan fingerprint density at radius 1 is 1.32 bits per heavy atom. The first-order chi connectivity index (χ1) is 10.5. The van der Waals surface area contributed by atoms with E-state index in [9.17, 15) is 9.18 Å². The lowest BCUT2D eigenvalue weighted by Gasteiger charge is -2.13. The molecule has 116 valence electrons. The molecule has 5 heteroatoms. The highest BCUT2D eigenvalue weighted by atomic mass is 35.5. The molecule has 0 aromatic heterocycles. The molecule has 0 saturated carbocycles. The van der Waals surface area contributed by atoms with Crippen molar-refractivity contribution in [1.29, 1.82) is 0 Å². The summed E-state index contributed by atoms with van der Waals surface area (Å²) in [6.07, 6.45) is 0.957. The van der Waals surface area contributed by atoms with Crippen LogP contribution in [0.15, 0.2) is 42.5 Å². The Hall–Kier alpha value is -2.07. The van der Waals surface area contributed by atoms with Crippen LogP contribution < -0.4 is 10.1 Å². The average Bonchev–Trinajstić information content (AvgIpc) is 2.51. The molecule has 1 N–H and O–H groups in total. The van der Waals surface area contributed by atoms with Gasteiger partial charge in [0.25, 0.3) is 5.91 Å². The molecular formula is C17H17ClFNO2. The number of amides is 1. The molecule has 0 aliphatic carbocycles. The van der Waals surface area contributed by atoms with Crippen molar-refractivity contribution in [3.63, 3.8) is 0 Å². The van der Waals surface area contributed by atoms with Gasteiger partial charge in [-0.2, -0.15) is 0 Å². The molecule has 1 unspecified atom stereocenters. The van der Waals surface area contributed by atoms with Crippen LogP contribution in [0.25, 0.3) is 0 Å². The van der Waals surface area contributed by atoms with Crippen molar-refractivity contribution in [1.82, 2.24) is 0 Å². The molecule has 0 bridgehead atoms. The molecule has 22 heavy (non-hydrogen) atoms. The average molecular weight is 322 g/mol. The third kappa shape index (κ3) is 4.21. The van der Waals surface area contributed by atoms with Gasteiger partial charge >= 0.3 is 0 Å². The van der Waals surface area contributed by atoms with Gasteiger partial charge in [-0.3, -0.25) is 4.79 Å². The first kappa shape index (κ1) is 16.3. The molecular weight excluding hydrogens is 305 g/mol. The van der Waals surface area contributed by atoms with Gasteiger partial charge in [0.15, 0.2) is 0 Å².